The third-order valence-electron chi connectivity index (χ3n) is 3.55. The molecule has 2 aromatic rings. The van der Waals surface area contributed by atoms with Gasteiger partial charge in [-0.25, -0.2) is 4.39 Å². The molecule has 0 spiro atoms. The van der Waals surface area contributed by atoms with Gasteiger partial charge in [-0.15, -0.1) is 0 Å². The van der Waals surface area contributed by atoms with E-state index in [9.17, 15) is 9.18 Å². The van der Waals surface area contributed by atoms with Gasteiger partial charge in [0, 0.05) is 18.7 Å². The van der Waals surface area contributed by atoms with Gasteiger partial charge in [0.25, 0.3) is 5.91 Å². The molecule has 0 fully saturated rings. The molecule has 0 aromatic heterocycles. The van der Waals surface area contributed by atoms with Crippen molar-refractivity contribution < 1.29 is 9.18 Å². The van der Waals surface area contributed by atoms with Gasteiger partial charge in [-0.05, 0) is 49.2 Å². The van der Waals surface area contributed by atoms with Crippen molar-refractivity contribution in [2.75, 3.05) is 13.1 Å². The molecule has 0 atom stereocenters. The van der Waals surface area contributed by atoms with Crippen LogP contribution in [0.25, 0.3) is 12.2 Å². The summed E-state index contributed by atoms with van der Waals surface area (Å²) in [4.78, 5) is 14.0. The van der Waals surface area contributed by atoms with Gasteiger partial charge in [0.15, 0.2) is 0 Å². The highest BCUT2D eigenvalue weighted by molar-refractivity contribution is 5.94. The summed E-state index contributed by atoms with van der Waals surface area (Å²) in [6.45, 7) is 5.37. The van der Waals surface area contributed by atoms with Crippen molar-refractivity contribution in [3.63, 3.8) is 0 Å². The standard InChI is InChI=1S/C19H20FNO/c1-3-21(4-2)19(22)17-11-7-15(8-12-17)5-6-16-9-13-18(20)14-10-16/h5-14H,3-4H2,1-2H3/b6-5+. The van der Waals surface area contributed by atoms with E-state index in [0.717, 1.165) is 11.1 Å². The van der Waals surface area contributed by atoms with E-state index < -0.39 is 0 Å². The molecule has 22 heavy (non-hydrogen) atoms. The molecule has 3 heteroatoms. The number of carbonyl (C=O) groups excluding carboxylic acids is 1. The third kappa shape index (κ3) is 4.04. The summed E-state index contributed by atoms with van der Waals surface area (Å²) in [5.41, 5.74) is 2.63. The van der Waals surface area contributed by atoms with E-state index in [1.165, 1.54) is 12.1 Å². The van der Waals surface area contributed by atoms with E-state index in [1.54, 1.807) is 17.0 Å². The summed E-state index contributed by atoms with van der Waals surface area (Å²) in [5, 5.41) is 0. The molecular weight excluding hydrogens is 277 g/mol. The summed E-state index contributed by atoms with van der Waals surface area (Å²) >= 11 is 0. The molecule has 0 N–H and O–H groups in total. The smallest absolute Gasteiger partial charge is 0.253 e. The number of nitrogens with zero attached hydrogens (tertiary/aromatic N) is 1. The second kappa shape index (κ2) is 7.55. The summed E-state index contributed by atoms with van der Waals surface area (Å²) in [7, 11) is 0. The Morgan fingerprint density at radius 2 is 1.36 bits per heavy atom. The number of amides is 1. The first-order chi connectivity index (χ1) is 10.6. The second-order valence-electron chi connectivity index (χ2n) is 4.98. The van der Waals surface area contributed by atoms with Crippen molar-refractivity contribution in [2.45, 2.75) is 13.8 Å². The van der Waals surface area contributed by atoms with Crippen molar-refractivity contribution >= 4 is 18.1 Å². The lowest BCUT2D eigenvalue weighted by atomic mass is 10.1. The number of benzene rings is 2. The zero-order chi connectivity index (χ0) is 15.9. The van der Waals surface area contributed by atoms with E-state index in [1.807, 2.05) is 50.3 Å². The molecule has 2 aromatic carbocycles. The van der Waals surface area contributed by atoms with Crippen LogP contribution < -0.4 is 0 Å². The van der Waals surface area contributed by atoms with Crippen LogP contribution in [0.1, 0.15) is 35.3 Å². The number of hydrogen-bond donors (Lipinski definition) is 0. The van der Waals surface area contributed by atoms with Crippen LogP contribution in [-0.4, -0.2) is 23.9 Å². The zero-order valence-corrected chi connectivity index (χ0v) is 12.9. The van der Waals surface area contributed by atoms with Gasteiger partial charge in [0.2, 0.25) is 0 Å². The molecular formula is C19H20FNO. The molecule has 2 nitrogen and oxygen atoms in total. The van der Waals surface area contributed by atoms with Crippen molar-refractivity contribution in [2.24, 2.45) is 0 Å². The molecule has 0 bridgehead atoms. The van der Waals surface area contributed by atoms with Crippen LogP contribution in [0.4, 0.5) is 4.39 Å². The maximum absolute atomic E-state index is 12.8. The van der Waals surface area contributed by atoms with E-state index in [0.29, 0.717) is 18.7 Å². The minimum absolute atomic E-state index is 0.0547. The fraction of sp³-hybridized carbons (Fsp3) is 0.211. The Labute approximate surface area is 130 Å². The van der Waals surface area contributed by atoms with Crippen LogP contribution in [0.5, 0.6) is 0 Å². The van der Waals surface area contributed by atoms with Crippen LogP contribution in [0, 0.1) is 5.82 Å². The Morgan fingerprint density at radius 1 is 0.909 bits per heavy atom. The minimum Gasteiger partial charge on any atom is -0.339 e. The van der Waals surface area contributed by atoms with E-state index in [2.05, 4.69) is 0 Å². The molecule has 0 aliphatic carbocycles. The Hall–Kier alpha value is -2.42. The molecule has 0 saturated carbocycles. The average molecular weight is 297 g/mol. The molecule has 114 valence electrons. The highest BCUT2D eigenvalue weighted by Crippen LogP contribution is 2.12. The molecule has 0 aliphatic rings. The maximum Gasteiger partial charge on any atom is 0.253 e. The predicted octanol–water partition coefficient (Wildman–Crippen LogP) is 4.48. The third-order valence-corrected chi connectivity index (χ3v) is 3.55. The van der Waals surface area contributed by atoms with Gasteiger partial charge in [-0.2, -0.15) is 0 Å². The van der Waals surface area contributed by atoms with Crippen molar-refractivity contribution in [1.29, 1.82) is 0 Å². The Kier molecular flexibility index (Phi) is 5.48. The monoisotopic (exact) mass is 297 g/mol. The van der Waals surface area contributed by atoms with Gasteiger partial charge < -0.3 is 4.90 Å². The molecule has 2 rings (SSSR count). The molecule has 0 aliphatic heterocycles. The quantitative estimate of drug-likeness (QED) is 0.745. The van der Waals surface area contributed by atoms with Crippen molar-refractivity contribution in [3.8, 4) is 0 Å². The summed E-state index contributed by atoms with van der Waals surface area (Å²) in [5.74, 6) is -0.185. The predicted molar refractivity (Wildman–Crippen MR) is 89.0 cm³/mol. The number of hydrogen-bond acceptors (Lipinski definition) is 1. The van der Waals surface area contributed by atoms with Gasteiger partial charge >= 0.3 is 0 Å². The largest absolute Gasteiger partial charge is 0.339 e. The van der Waals surface area contributed by atoms with Crippen LogP contribution in [-0.2, 0) is 0 Å². The number of carbonyl (C=O) groups is 1. The van der Waals surface area contributed by atoms with Crippen LogP contribution in [0.3, 0.4) is 0 Å². The molecule has 0 heterocycles. The summed E-state index contributed by atoms with van der Waals surface area (Å²) in [6, 6.07) is 13.8. The SMILES string of the molecule is CCN(CC)C(=O)c1ccc(/C=C/c2ccc(F)cc2)cc1. The molecule has 1 amide bonds. The highest BCUT2D eigenvalue weighted by Gasteiger charge is 2.11. The van der Waals surface area contributed by atoms with Crippen LogP contribution in [0.2, 0.25) is 0 Å². The van der Waals surface area contributed by atoms with Crippen molar-refractivity contribution in [1.82, 2.24) is 4.90 Å². The minimum atomic E-state index is -0.239. The maximum atomic E-state index is 12.8. The zero-order valence-electron chi connectivity index (χ0n) is 12.9. The summed E-state index contributed by atoms with van der Waals surface area (Å²) < 4.78 is 12.8. The lowest BCUT2D eigenvalue weighted by Gasteiger charge is -2.18. The first-order valence-electron chi connectivity index (χ1n) is 7.47. The fourth-order valence-electron chi connectivity index (χ4n) is 2.20. The summed E-state index contributed by atoms with van der Waals surface area (Å²) in [6.07, 6.45) is 3.86. The fourth-order valence-corrected chi connectivity index (χ4v) is 2.20. The van der Waals surface area contributed by atoms with E-state index in [-0.39, 0.29) is 11.7 Å². The second-order valence-corrected chi connectivity index (χ2v) is 4.98. The lowest BCUT2D eigenvalue weighted by molar-refractivity contribution is 0.0773. The van der Waals surface area contributed by atoms with E-state index >= 15 is 0 Å². The number of halogens is 1. The van der Waals surface area contributed by atoms with Gasteiger partial charge in [0.1, 0.15) is 5.82 Å². The Bertz CT molecular complexity index is 640. The normalized spacial score (nSPS) is 10.9. The average Bonchev–Trinajstić information content (AvgIpc) is 2.56. The molecule has 0 unspecified atom stereocenters. The topological polar surface area (TPSA) is 20.3 Å². The van der Waals surface area contributed by atoms with Crippen LogP contribution in [0.15, 0.2) is 48.5 Å². The van der Waals surface area contributed by atoms with Crippen molar-refractivity contribution in [3.05, 3.63) is 71.0 Å². The van der Waals surface area contributed by atoms with Gasteiger partial charge in [0.05, 0.1) is 0 Å². The van der Waals surface area contributed by atoms with Gasteiger partial charge in [-0.1, -0.05) is 36.4 Å². The Morgan fingerprint density at radius 3 is 1.82 bits per heavy atom. The lowest BCUT2D eigenvalue weighted by Crippen LogP contribution is -2.30. The Balaban J connectivity index is 2.08. The first kappa shape index (κ1) is 16.0. The highest BCUT2D eigenvalue weighted by atomic mass is 19.1. The van der Waals surface area contributed by atoms with Crippen LogP contribution >= 0.6 is 0 Å². The number of rotatable bonds is 5. The molecule has 0 radical (unpaired) electrons. The van der Waals surface area contributed by atoms with Gasteiger partial charge in [-0.3, -0.25) is 4.79 Å². The van der Waals surface area contributed by atoms with E-state index in [4.69, 9.17) is 0 Å². The first-order valence-corrected chi connectivity index (χ1v) is 7.47. The molecule has 0 saturated heterocycles.